The van der Waals surface area contributed by atoms with E-state index in [9.17, 15) is 0 Å². The van der Waals surface area contributed by atoms with Gasteiger partial charge >= 0.3 is 0 Å². The summed E-state index contributed by atoms with van der Waals surface area (Å²) in [6, 6.07) is 9.40. The van der Waals surface area contributed by atoms with Gasteiger partial charge in [-0.25, -0.2) is 0 Å². The van der Waals surface area contributed by atoms with E-state index in [0.29, 0.717) is 12.4 Å². The second kappa shape index (κ2) is 6.91. The van der Waals surface area contributed by atoms with Crippen LogP contribution in [0.2, 0.25) is 0 Å². The van der Waals surface area contributed by atoms with E-state index in [0.717, 1.165) is 23.3 Å². The van der Waals surface area contributed by atoms with Crippen molar-refractivity contribution in [2.24, 2.45) is 5.73 Å². The van der Waals surface area contributed by atoms with Crippen LogP contribution < -0.4 is 15.2 Å². The lowest BCUT2D eigenvalue weighted by Crippen LogP contribution is -2.15. The molecule has 2 rings (SSSR count). The maximum Gasteiger partial charge on any atom is 0.142 e. The summed E-state index contributed by atoms with van der Waals surface area (Å²) in [6.07, 6.45) is 4.35. The van der Waals surface area contributed by atoms with E-state index in [1.54, 1.807) is 19.5 Å². The van der Waals surface area contributed by atoms with Crippen LogP contribution in [0.5, 0.6) is 11.5 Å². The van der Waals surface area contributed by atoms with Gasteiger partial charge in [0, 0.05) is 17.3 Å². The lowest BCUT2D eigenvalue weighted by molar-refractivity contribution is 0.313. The molecule has 4 heteroatoms. The van der Waals surface area contributed by atoms with Gasteiger partial charge in [-0.05, 0) is 18.6 Å². The normalized spacial score (nSPS) is 11.9. The second-order valence-electron chi connectivity index (χ2n) is 4.48. The highest BCUT2D eigenvalue weighted by Gasteiger charge is 2.17. The Kier molecular flexibility index (Phi) is 4.96. The fraction of sp³-hybridized carbons (Fsp3) is 0.312. The van der Waals surface area contributed by atoms with Crippen LogP contribution in [0, 0.1) is 0 Å². The SMILES string of the molecule is CCCOc1ccccc1C(N)c1ccncc1OC. The molecule has 1 heterocycles. The van der Waals surface area contributed by atoms with E-state index in [2.05, 4.69) is 11.9 Å². The summed E-state index contributed by atoms with van der Waals surface area (Å²) < 4.78 is 11.1. The number of nitrogens with zero attached hydrogens (tertiary/aromatic N) is 1. The van der Waals surface area contributed by atoms with Crippen molar-refractivity contribution in [1.29, 1.82) is 0 Å². The Hall–Kier alpha value is -2.07. The molecular weight excluding hydrogens is 252 g/mol. The summed E-state index contributed by atoms with van der Waals surface area (Å²) in [5.41, 5.74) is 8.23. The molecule has 0 saturated carbocycles. The number of aromatic nitrogens is 1. The molecule has 1 atom stereocenters. The van der Waals surface area contributed by atoms with Gasteiger partial charge in [-0.3, -0.25) is 4.98 Å². The quantitative estimate of drug-likeness (QED) is 0.878. The molecule has 0 saturated heterocycles. The van der Waals surface area contributed by atoms with Crippen molar-refractivity contribution in [2.45, 2.75) is 19.4 Å². The lowest BCUT2D eigenvalue weighted by atomic mass is 9.99. The molecular formula is C16H20N2O2. The van der Waals surface area contributed by atoms with Crippen LogP contribution in [0.25, 0.3) is 0 Å². The van der Waals surface area contributed by atoms with Crippen LogP contribution in [-0.2, 0) is 0 Å². The maximum atomic E-state index is 6.38. The smallest absolute Gasteiger partial charge is 0.142 e. The standard InChI is InChI=1S/C16H20N2O2/c1-3-10-20-14-7-5-4-6-12(14)16(17)13-8-9-18-11-15(13)19-2/h4-9,11,16H,3,10,17H2,1-2H3. The zero-order valence-electron chi connectivity index (χ0n) is 11.9. The first-order chi connectivity index (χ1) is 9.77. The van der Waals surface area contributed by atoms with Crippen molar-refractivity contribution in [3.8, 4) is 11.5 Å². The predicted molar refractivity (Wildman–Crippen MR) is 79.0 cm³/mol. The van der Waals surface area contributed by atoms with Gasteiger partial charge in [0.1, 0.15) is 11.5 Å². The third-order valence-corrected chi connectivity index (χ3v) is 3.09. The summed E-state index contributed by atoms with van der Waals surface area (Å²) in [6.45, 7) is 2.76. The highest BCUT2D eigenvalue weighted by molar-refractivity contribution is 5.45. The van der Waals surface area contributed by atoms with Crippen LogP contribution in [0.3, 0.4) is 0 Å². The monoisotopic (exact) mass is 272 g/mol. The van der Waals surface area contributed by atoms with Crippen LogP contribution in [-0.4, -0.2) is 18.7 Å². The Labute approximate surface area is 119 Å². The van der Waals surface area contributed by atoms with Crippen molar-refractivity contribution in [3.63, 3.8) is 0 Å². The molecule has 0 aliphatic rings. The van der Waals surface area contributed by atoms with E-state index in [1.807, 2.05) is 30.3 Å². The summed E-state index contributed by atoms with van der Waals surface area (Å²) in [4.78, 5) is 4.05. The minimum absolute atomic E-state index is 0.305. The molecule has 0 amide bonds. The average Bonchev–Trinajstić information content (AvgIpc) is 2.52. The largest absolute Gasteiger partial charge is 0.495 e. The highest BCUT2D eigenvalue weighted by Crippen LogP contribution is 2.32. The van der Waals surface area contributed by atoms with Gasteiger partial charge in [0.15, 0.2) is 0 Å². The Bertz CT molecular complexity index is 558. The highest BCUT2D eigenvalue weighted by atomic mass is 16.5. The fourth-order valence-electron chi connectivity index (χ4n) is 2.07. The molecule has 2 N–H and O–H groups in total. The minimum atomic E-state index is -0.305. The molecule has 0 aliphatic carbocycles. The Morgan fingerprint density at radius 1 is 1.15 bits per heavy atom. The van der Waals surface area contributed by atoms with Gasteiger partial charge in [-0.1, -0.05) is 25.1 Å². The molecule has 1 aromatic heterocycles. The zero-order chi connectivity index (χ0) is 14.4. The molecule has 0 fully saturated rings. The molecule has 1 aromatic carbocycles. The number of nitrogens with two attached hydrogens (primary N) is 1. The molecule has 106 valence electrons. The molecule has 2 aromatic rings. The molecule has 0 radical (unpaired) electrons. The third kappa shape index (κ3) is 3.08. The predicted octanol–water partition coefficient (Wildman–Crippen LogP) is 2.93. The van der Waals surface area contributed by atoms with Gasteiger partial charge in [-0.15, -0.1) is 0 Å². The molecule has 1 unspecified atom stereocenters. The number of hydrogen-bond donors (Lipinski definition) is 1. The van der Waals surface area contributed by atoms with E-state index in [4.69, 9.17) is 15.2 Å². The summed E-state index contributed by atoms with van der Waals surface area (Å²) in [5.74, 6) is 1.51. The molecule has 4 nitrogen and oxygen atoms in total. The molecule has 20 heavy (non-hydrogen) atoms. The topological polar surface area (TPSA) is 57.4 Å². The number of benzene rings is 1. The van der Waals surface area contributed by atoms with Crippen molar-refractivity contribution in [1.82, 2.24) is 4.98 Å². The van der Waals surface area contributed by atoms with Gasteiger partial charge in [0.25, 0.3) is 0 Å². The van der Waals surface area contributed by atoms with Crippen molar-refractivity contribution in [2.75, 3.05) is 13.7 Å². The number of ether oxygens (including phenoxy) is 2. The van der Waals surface area contributed by atoms with Crippen LogP contribution in [0.15, 0.2) is 42.7 Å². The summed E-state index contributed by atoms with van der Waals surface area (Å²) >= 11 is 0. The van der Waals surface area contributed by atoms with E-state index >= 15 is 0 Å². The van der Waals surface area contributed by atoms with Crippen LogP contribution >= 0.6 is 0 Å². The van der Waals surface area contributed by atoms with Gasteiger partial charge in [0.2, 0.25) is 0 Å². The van der Waals surface area contributed by atoms with Crippen molar-refractivity contribution >= 4 is 0 Å². The number of pyridine rings is 1. The first-order valence-corrected chi connectivity index (χ1v) is 6.73. The Morgan fingerprint density at radius 2 is 1.90 bits per heavy atom. The van der Waals surface area contributed by atoms with Crippen molar-refractivity contribution < 1.29 is 9.47 Å². The fourth-order valence-corrected chi connectivity index (χ4v) is 2.07. The Morgan fingerprint density at radius 3 is 2.65 bits per heavy atom. The summed E-state index contributed by atoms with van der Waals surface area (Å²) in [5, 5.41) is 0. The van der Waals surface area contributed by atoms with Gasteiger partial charge in [0.05, 0.1) is 26.0 Å². The number of rotatable bonds is 6. The first-order valence-electron chi connectivity index (χ1n) is 6.73. The minimum Gasteiger partial charge on any atom is -0.495 e. The van der Waals surface area contributed by atoms with Gasteiger partial charge < -0.3 is 15.2 Å². The van der Waals surface area contributed by atoms with Gasteiger partial charge in [-0.2, -0.15) is 0 Å². The van der Waals surface area contributed by atoms with Crippen LogP contribution in [0.1, 0.15) is 30.5 Å². The van der Waals surface area contributed by atoms with E-state index in [-0.39, 0.29) is 6.04 Å². The maximum absolute atomic E-state index is 6.38. The second-order valence-corrected chi connectivity index (χ2v) is 4.48. The average molecular weight is 272 g/mol. The molecule has 0 bridgehead atoms. The third-order valence-electron chi connectivity index (χ3n) is 3.09. The van der Waals surface area contributed by atoms with E-state index in [1.165, 1.54) is 0 Å². The number of methoxy groups -OCH3 is 1. The summed E-state index contributed by atoms with van der Waals surface area (Å²) in [7, 11) is 1.62. The Balaban J connectivity index is 2.35. The number of para-hydroxylation sites is 1. The first kappa shape index (κ1) is 14.3. The number of hydrogen-bond acceptors (Lipinski definition) is 4. The van der Waals surface area contributed by atoms with Crippen LogP contribution in [0.4, 0.5) is 0 Å². The van der Waals surface area contributed by atoms with E-state index < -0.39 is 0 Å². The lowest BCUT2D eigenvalue weighted by Gasteiger charge is -2.18. The zero-order valence-corrected chi connectivity index (χ0v) is 11.9. The molecule has 0 aliphatic heterocycles. The van der Waals surface area contributed by atoms with Crippen molar-refractivity contribution in [3.05, 3.63) is 53.9 Å². The molecule has 0 spiro atoms.